The van der Waals surface area contributed by atoms with E-state index in [-0.39, 0.29) is 5.69 Å². The Morgan fingerprint density at radius 2 is 2.47 bits per heavy atom. The van der Waals surface area contributed by atoms with Gasteiger partial charge in [-0.25, -0.2) is 4.79 Å². The monoisotopic (exact) mass is 213 g/mol. The van der Waals surface area contributed by atoms with E-state index in [4.69, 9.17) is 5.11 Å². The summed E-state index contributed by atoms with van der Waals surface area (Å²) in [5.41, 5.74) is 0.206. The molecule has 0 fully saturated rings. The third-order valence-electron chi connectivity index (χ3n) is 1.72. The van der Waals surface area contributed by atoms with Crippen molar-refractivity contribution in [2.45, 2.75) is 6.04 Å². The average Bonchev–Trinajstić information content (AvgIpc) is 2.77. The van der Waals surface area contributed by atoms with E-state index in [1.54, 1.807) is 0 Å². The van der Waals surface area contributed by atoms with Gasteiger partial charge in [0, 0.05) is 6.20 Å². The van der Waals surface area contributed by atoms with E-state index < -0.39 is 24.5 Å². The van der Waals surface area contributed by atoms with Gasteiger partial charge in [0.15, 0.2) is 6.04 Å². The number of esters is 1. The molecule has 1 heterocycles. The molecule has 1 rings (SSSR count). The Kier molecular flexibility index (Phi) is 3.81. The third-order valence-corrected chi connectivity index (χ3v) is 1.72. The lowest BCUT2D eigenvalue weighted by Gasteiger charge is -2.12. The Bertz CT molecular complexity index is 336. The summed E-state index contributed by atoms with van der Waals surface area (Å²) in [7, 11) is 1.17. The molecule has 1 aromatic rings. The van der Waals surface area contributed by atoms with Gasteiger partial charge in [0.25, 0.3) is 5.91 Å². The fraction of sp³-hybridized carbons (Fsp3) is 0.375. The summed E-state index contributed by atoms with van der Waals surface area (Å²) in [4.78, 5) is 22.4. The molecule has 0 aromatic carbocycles. The fourth-order valence-electron chi connectivity index (χ4n) is 0.940. The van der Waals surface area contributed by atoms with Crippen LogP contribution >= 0.6 is 0 Å². The van der Waals surface area contributed by atoms with Crippen LogP contribution in [0.4, 0.5) is 0 Å². The van der Waals surface area contributed by atoms with E-state index in [0.717, 1.165) is 0 Å². The summed E-state index contributed by atoms with van der Waals surface area (Å²) >= 11 is 0. The highest BCUT2D eigenvalue weighted by atomic mass is 16.5. The SMILES string of the molecule is COC(=O)C(CO)NC(=O)c1ccn[nH]1. The van der Waals surface area contributed by atoms with Crippen LogP contribution in [0.25, 0.3) is 0 Å². The van der Waals surface area contributed by atoms with Crippen molar-refractivity contribution in [3.8, 4) is 0 Å². The molecular formula is C8H11N3O4. The molecule has 0 saturated heterocycles. The molecule has 0 saturated carbocycles. The van der Waals surface area contributed by atoms with Crippen LogP contribution in [0.2, 0.25) is 0 Å². The van der Waals surface area contributed by atoms with Crippen LogP contribution in [0.15, 0.2) is 12.3 Å². The predicted molar refractivity (Wildman–Crippen MR) is 48.9 cm³/mol. The minimum Gasteiger partial charge on any atom is -0.467 e. The number of rotatable bonds is 4. The number of ether oxygens (including phenoxy) is 1. The molecule has 1 amide bonds. The summed E-state index contributed by atoms with van der Waals surface area (Å²) in [5, 5.41) is 17.1. The summed E-state index contributed by atoms with van der Waals surface area (Å²) in [6, 6.07) is 0.381. The first-order valence-corrected chi connectivity index (χ1v) is 4.18. The van der Waals surface area contributed by atoms with Gasteiger partial charge in [0.05, 0.1) is 13.7 Å². The van der Waals surface area contributed by atoms with Crippen molar-refractivity contribution in [1.29, 1.82) is 0 Å². The van der Waals surface area contributed by atoms with Crippen molar-refractivity contribution in [2.24, 2.45) is 0 Å². The first kappa shape index (κ1) is 11.2. The minimum absolute atomic E-state index is 0.206. The molecule has 1 aromatic heterocycles. The molecular weight excluding hydrogens is 202 g/mol. The molecule has 0 aliphatic heterocycles. The zero-order valence-electron chi connectivity index (χ0n) is 8.06. The van der Waals surface area contributed by atoms with Gasteiger partial charge in [-0.1, -0.05) is 0 Å². The second-order valence-electron chi connectivity index (χ2n) is 2.70. The molecule has 15 heavy (non-hydrogen) atoms. The highest BCUT2D eigenvalue weighted by molar-refractivity contribution is 5.95. The first-order chi connectivity index (χ1) is 7.19. The number of aliphatic hydroxyl groups is 1. The van der Waals surface area contributed by atoms with Gasteiger partial charge in [-0.3, -0.25) is 9.89 Å². The third kappa shape index (κ3) is 2.78. The van der Waals surface area contributed by atoms with Gasteiger partial charge >= 0.3 is 5.97 Å². The molecule has 0 spiro atoms. The van der Waals surface area contributed by atoms with Crippen LogP contribution in [0, 0.1) is 0 Å². The molecule has 0 aliphatic carbocycles. The predicted octanol–water partition coefficient (Wildman–Crippen LogP) is -1.33. The van der Waals surface area contributed by atoms with Crippen LogP contribution < -0.4 is 5.32 Å². The maximum absolute atomic E-state index is 11.4. The summed E-state index contributed by atoms with van der Waals surface area (Å²) < 4.78 is 4.38. The Labute approximate surface area is 85.4 Å². The molecule has 1 atom stereocenters. The number of methoxy groups -OCH3 is 1. The number of hydrogen-bond donors (Lipinski definition) is 3. The van der Waals surface area contributed by atoms with Crippen molar-refractivity contribution in [3.05, 3.63) is 18.0 Å². The highest BCUT2D eigenvalue weighted by Gasteiger charge is 2.21. The van der Waals surface area contributed by atoms with Crippen molar-refractivity contribution in [3.63, 3.8) is 0 Å². The summed E-state index contributed by atoms with van der Waals surface area (Å²) in [6.45, 7) is -0.521. The number of hydrogen-bond acceptors (Lipinski definition) is 5. The van der Waals surface area contributed by atoms with Crippen LogP contribution in [0.5, 0.6) is 0 Å². The molecule has 3 N–H and O–H groups in total. The summed E-state index contributed by atoms with van der Waals surface area (Å²) in [5.74, 6) is -1.23. The highest BCUT2D eigenvalue weighted by Crippen LogP contribution is 1.94. The van der Waals surface area contributed by atoms with Crippen LogP contribution in [-0.4, -0.2) is 46.9 Å². The Morgan fingerprint density at radius 3 is 2.93 bits per heavy atom. The number of aromatic nitrogens is 2. The number of carbonyl (C=O) groups is 2. The number of aromatic amines is 1. The van der Waals surface area contributed by atoms with Crippen molar-refractivity contribution >= 4 is 11.9 Å². The molecule has 0 radical (unpaired) electrons. The van der Waals surface area contributed by atoms with Gasteiger partial charge in [0.1, 0.15) is 5.69 Å². The number of nitrogens with zero attached hydrogens (tertiary/aromatic N) is 1. The van der Waals surface area contributed by atoms with Crippen LogP contribution in [0.1, 0.15) is 10.5 Å². The van der Waals surface area contributed by atoms with Gasteiger partial charge in [0.2, 0.25) is 0 Å². The largest absolute Gasteiger partial charge is 0.467 e. The topological polar surface area (TPSA) is 104 Å². The van der Waals surface area contributed by atoms with Crippen molar-refractivity contribution < 1.29 is 19.4 Å². The molecule has 1 unspecified atom stereocenters. The smallest absolute Gasteiger partial charge is 0.330 e. The molecule has 7 nitrogen and oxygen atoms in total. The standard InChI is InChI=1S/C8H11N3O4/c1-15-8(14)6(4-12)10-7(13)5-2-3-9-11-5/h2-3,6,12H,4H2,1H3,(H,9,11)(H,10,13). The summed E-state index contributed by atoms with van der Waals surface area (Å²) in [6.07, 6.45) is 1.40. The molecule has 0 aliphatic rings. The van der Waals surface area contributed by atoms with Gasteiger partial charge in [-0.2, -0.15) is 5.10 Å². The lowest BCUT2D eigenvalue weighted by atomic mass is 10.3. The first-order valence-electron chi connectivity index (χ1n) is 4.18. The molecule has 7 heteroatoms. The quantitative estimate of drug-likeness (QED) is 0.538. The Morgan fingerprint density at radius 1 is 1.73 bits per heavy atom. The zero-order chi connectivity index (χ0) is 11.3. The normalized spacial score (nSPS) is 11.9. The molecule has 0 bridgehead atoms. The van der Waals surface area contributed by atoms with Crippen molar-refractivity contribution in [2.75, 3.05) is 13.7 Å². The Balaban J connectivity index is 2.60. The van der Waals surface area contributed by atoms with Crippen LogP contribution in [-0.2, 0) is 9.53 Å². The second-order valence-corrected chi connectivity index (χ2v) is 2.70. The van der Waals surface area contributed by atoms with Gasteiger partial charge in [-0.05, 0) is 6.07 Å². The number of H-pyrrole nitrogens is 1. The number of aliphatic hydroxyl groups excluding tert-OH is 1. The lowest BCUT2D eigenvalue weighted by Crippen LogP contribution is -2.44. The minimum atomic E-state index is -1.06. The maximum Gasteiger partial charge on any atom is 0.330 e. The van der Waals surface area contributed by atoms with Gasteiger partial charge < -0.3 is 15.2 Å². The zero-order valence-corrected chi connectivity index (χ0v) is 8.06. The fourth-order valence-corrected chi connectivity index (χ4v) is 0.940. The molecule has 82 valence electrons. The number of amides is 1. The van der Waals surface area contributed by atoms with E-state index >= 15 is 0 Å². The Hall–Kier alpha value is -1.89. The van der Waals surface area contributed by atoms with E-state index in [9.17, 15) is 9.59 Å². The van der Waals surface area contributed by atoms with E-state index in [0.29, 0.717) is 0 Å². The maximum atomic E-state index is 11.4. The van der Waals surface area contributed by atoms with Crippen molar-refractivity contribution in [1.82, 2.24) is 15.5 Å². The second kappa shape index (κ2) is 5.11. The van der Waals surface area contributed by atoms with E-state index in [1.165, 1.54) is 19.4 Å². The van der Waals surface area contributed by atoms with Gasteiger partial charge in [-0.15, -0.1) is 0 Å². The van der Waals surface area contributed by atoms with Crippen LogP contribution in [0.3, 0.4) is 0 Å². The number of nitrogens with one attached hydrogen (secondary N) is 2. The number of carbonyl (C=O) groups excluding carboxylic acids is 2. The lowest BCUT2D eigenvalue weighted by molar-refractivity contribution is -0.143. The van der Waals surface area contributed by atoms with E-state index in [1.807, 2.05) is 0 Å². The van der Waals surface area contributed by atoms with E-state index in [2.05, 4.69) is 20.3 Å². The average molecular weight is 213 g/mol.